The largest absolute Gasteiger partial charge is 0.468 e. The monoisotopic (exact) mass is 146 g/mol. The first kappa shape index (κ1) is 9.43. The van der Waals surface area contributed by atoms with E-state index in [1.54, 1.807) is 7.11 Å². The van der Waals surface area contributed by atoms with Crippen LogP contribution in [0.4, 0.5) is 0 Å². The molecule has 0 fully saturated rings. The zero-order valence-electron chi connectivity index (χ0n) is 6.50. The van der Waals surface area contributed by atoms with Crippen molar-refractivity contribution in [2.24, 2.45) is 0 Å². The van der Waals surface area contributed by atoms with Gasteiger partial charge in [-0.1, -0.05) is 0 Å². The Morgan fingerprint density at radius 1 is 1.60 bits per heavy atom. The number of carbonyl (C=O) groups excluding carboxylic acids is 1. The molecule has 0 aliphatic heterocycles. The molecule has 0 aliphatic rings. The Labute approximate surface area is 61.3 Å². The van der Waals surface area contributed by atoms with E-state index in [4.69, 9.17) is 4.74 Å². The Bertz CT molecular complexity index is 82.9. The van der Waals surface area contributed by atoms with Crippen LogP contribution in [0.5, 0.6) is 0 Å². The molecular formula is C7H14O3. The normalized spacial score (nSPS) is 12.6. The minimum Gasteiger partial charge on any atom is -0.468 e. The van der Waals surface area contributed by atoms with E-state index in [0.717, 1.165) is 12.8 Å². The van der Waals surface area contributed by atoms with E-state index in [1.807, 2.05) is 6.92 Å². The van der Waals surface area contributed by atoms with Gasteiger partial charge in [0.15, 0.2) is 0 Å². The number of hydrogen-bond donors (Lipinski definition) is 0. The molecule has 0 N–H and O–H groups in total. The third-order valence-corrected chi connectivity index (χ3v) is 1.34. The summed E-state index contributed by atoms with van der Waals surface area (Å²) in [5.74, 6) is 0. The predicted octanol–water partition coefficient (Wildman–Crippen LogP) is 0.974. The van der Waals surface area contributed by atoms with Crippen molar-refractivity contribution in [1.82, 2.24) is 0 Å². The molecule has 0 aromatic carbocycles. The van der Waals surface area contributed by atoms with Crippen LogP contribution in [-0.2, 0) is 14.3 Å². The van der Waals surface area contributed by atoms with Gasteiger partial charge in [0.1, 0.15) is 0 Å². The maximum absolute atomic E-state index is 9.67. The van der Waals surface area contributed by atoms with Crippen LogP contribution in [0.15, 0.2) is 0 Å². The van der Waals surface area contributed by atoms with Crippen LogP contribution >= 0.6 is 0 Å². The lowest BCUT2D eigenvalue weighted by Gasteiger charge is -2.07. The lowest BCUT2D eigenvalue weighted by Crippen LogP contribution is -2.05. The highest BCUT2D eigenvalue weighted by molar-refractivity contribution is 5.36. The van der Waals surface area contributed by atoms with E-state index in [0.29, 0.717) is 13.1 Å². The Morgan fingerprint density at radius 2 is 2.30 bits per heavy atom. The molecule has 0 spiro atoms. The van der Waals surface area contributed by atoms with Gasteiger partial charge in [-0.15, -0.1) is 0 Å². The average Bonchev–Trinajstić information content (AvgIpc) is 1.98. The average molecular weight is 146 g/mol. The third kappa shape index (κ3) is 5.56. The molecule has 0 aromatic rings. The second-order valence-corrected chi connectivity index (χ2v) is 2.16. The topological polar surface area (TPSA) is 35.5 Å². The summed E-state index contributed by atoms with van der Waals surface area (Å²) in [4.78, 5) is 9.67. The minimum atomic E-state index is 0.259. The van der Waals surface area contributed by atoms with Gasteiger partial charge in [-0.3, -0.25) is 4.79 Å². The molecule has 0 aromatic heterocycles. The maximum Gasteiger partial charge on any atom is 0.293 e. The quantitative estimate of drug-likeness (QED) is 0.414. The molecule has 10 heavy (non-hydrogen) atoms. The van der Waals surface area contributed by atoms with Crippen molar-refractivity contribution >= 4 is 6.47 Å². The predicted molar refractivity (Wildman–Crippen MR) is 37.7 cm³/mol. The van der Waals surface area contributed by atoms with Gasteiger partial charge in [-0.05, 0) is 19.8 Å². The second-order valence-electron chi connectivity index (χ2n) is 2.16. The lowest BCUT2D eigenvalue weighted by atomic mass is 10.2. The first-order valence-corrected chi connectivity index (χ1v) is 3.39. The van der Waals surface area contributed by atoms with Crippen LogP contribution in [0.1, 0.15) is 19.8 Å². The molecule has 0 saturated carbocycles. The summed E-state index contributed by atoms with van der Waals surface area (Å²) in [6.45, 7) is 2.95. The molecule has 60 valence electrons. The summed E-state index contributed by atoms with van der Waals surface area (Å²) in [5, 5.41) is 0. The highest BCUT2D eigenvalue weighted by Crippen LogP contribution is 1.98. The van der Waals surface area contributed by atoms with Gasteiger partial charge < -0.3 is 9.47 Å². The van der Waals surface area contributed by atoms with Gasteiger partial charge in [0.05, 0.1) is 12.7 Å². The highest BCUT2D eigenvalue weighted by Gasteiger charge is 1.97. The van der Waals surface area contributed by atoms with Crippen LogP contribution in [0.3, 0.4) is 0 Å². The fourth-order valence-electron chi connectivity index (χ4n) is 0.620. The molecule has 0 saturated heterocycles. The van der Waals surface area contributed by atoms with Crippen molar-refractivity contribution in [3.8, 4) is 0 Å². The summed E-state index contributed by atoms with van der Waals surface area (Å²) in [6.07, 6.45) is 2.06. The number of methoxy groups -OCH3 is 1. The lowest BCUT2D eigenvalue weighted by molar-refractivity contribution is -0.128. The zero-order chi connectivity index (χ0) is 7.82. The summed E-state index contributed by atoms with van der Waals surface area (Å²) >= 11 is 0. The molecule has 3 nitrogen and oxygen atoms in total. The summed E-state index contributed by atoms with van der Waals surface area (Å²) in [6, 6.07) is 0. The van der Waals surface area contributed by atoms with Crippen LogP contribution in [-0.4, -0.2) is 26.3 Å². The third-order valence-electron chi connectivity index (χ3n) is 1.34. The Balaban J connectivity index is 2.95. The van der Waals surface area contributed by atoms with Gasteiger partial charge in [0.25, 0.3) is 6.47 Å². The van der Waals surface area contributed by atoms with E-state index >= 15 is 0 Å². The number of rotatable bonds is 6. The van der Waals surface area contributed by atoms with Crippen molar-refractivity contribution < 1.29 is 14.3 Å². The molecule has 0 rings (SSSR count). The summed E-state index contributed by atoms with van der Waals surface area (Å²) < 4.78 is 9.48. The van der Waals surface area contributed by atoms with Gasteiger partial charge in [0, 0.05) is 7.11 Å². The fraction of sp³-hybridized carbons (Fsp3) is 0.857. The van der Waals surface area contributed by atoms with Crippen molar-refractivity contribution in [3.63, 3.8) is 0 Å². The van der Waals surface area contributed by atoms with Gasteiger partial charge in [0.2, 0.25) is 0 Å². The van der Waals surface area contributed by atoms with Crippen molar-refractivity contribution in [2.75, 3.05) is 13.7 Å². The van der Waals surface area contributed by atoms with E-state index in [2.05, 4.69) is 4.74 Å². The SMILES string of the molecule is COC(C)CCCOC=O. The zero-order valence-corrected chi connectivity index (χ0v) is 6.50. The van der Waals surface area contributed by atoms with E-state index in [1.165, 1.54) is 0 Å². The molecule has 0 heterocycles. The van der Waals surface area contributed by atoms with Gasteiger partial charge >= 0.3 is 0 Å². The van der Waals surface area contributed by atoms with E-state index < -0.39 is 0 Å². The smallest absolute Gasteiger partial charge is 0.293 e. The van der Waals surface area contributed by atoms with E-state index in [9.17, 15) is 4.79 Å². The Hall–Kier alpha value is -0.570. The molecule has 0 radical (unpaired) electrons. The number of hydrogen-bond acceptors (Lipinski definition) is 3. The standard InChI is InChI=1S/C7H14O3/c1-7(9-2)4-3-5-10-6-8/h6-7H,3-5H2,1-2H3. The van der Waals surface area contributed by atoms with Crippen LogP contribution in [0, 0.1) is 0 Å². The highest BCUT2D eigenvalue weighted by atomic mass is 16.5. The van der Waals surface area contributed by atoms with Crippen molar-refractivity contribution in [1.29, 1.82) is 0 Å². The first-order chi connectivity index (χ1) is 4.81. The van der Waals surface area contributed by atoms with Crippen LogP contribution in [0.25, 0.3) is 0 Å². The van der Waals surface area contributed by atoms with Gasteiger partial charge in [-0.25, -0.2) is 0 Å². The molecule has 0 bridgehead atoms. The molecule has 0 aliphatic carbocycles. The van der Waals surface area contributed by atoms with E-state index in [-0.39, 0.29) is 6.10 Å². The van der Waals surface area contributed by atoms with Crippen molar-refractivity contribution in [2.45, 2.75) is 25.9 Å². The van der Waals surface area contributed by atoms with Gasteiger partial charge in [-0.2, -0.15) is 0 Å². The van der Waals surface area contributed by atoms with Crippen LogP contribution < -0.4 is 0 Å². The molecule has 1 unspecified atom stereocenters. The number of carbonyl (C=O) groups is 1. The maximum atomic E-state index is 9.67. The molecular weight excluding hydrogens is 132 g/mol. The second kappa shape index (κ2) is 6.55. The first-order valence-electron chi connectivity index (χ1n) is 3.39. The summed E-state index contributed by atoms with van der Waals surface area (Å²) in [5.41, 5.74) is 0. The van der Waals surface area contributed by atoms with Crippen molar-refractivity contribution in [3.05, 3.63) is 0 Å². The molecule has 3 heteroatoms. The molecule has 0 amide bonds. The summed E-state index contributed by atoms with van der Waals surface area (Å²) in [7, 11) is 1.67. The minimum absolute atomic E-state index is 0.259. The van der Waals surface area contributed by atoms with Crippen LogP contribution in [0.2, 0.25) is 0 Å². The number of ether oxygens (including phenoxy) is 2. The Morgan fingerprint density at radius 3 is 2.80 bits per heavy atom. The fourth-order valence-corrected chi connectivity index (χ4v) is 0.620. The Kier molecular flexibility index (Phi) is 6.18. The molecule has 1 atom stereocenters.